The molecule has 23 heteroatoms. The molecule has 12 N–H and O–H groups in total. The number of likely N-dealkylation sites (tertiary alicyclic amines) is 2. The van der Waals surface area contributed by atoms with Gasteiger partial charge in [-0.15, -0.1) is 0 Å². The van der Waals surface area contributed by atoms with Crippen molar-refractivity contribution < 1.29 is 58.8 Å². The number of nitrogens with zero attached hydrogens (tertiary/aromatic N) is 3. The maximum absolute atomic E-state index is 13.9. The van der Waals surface area contributed by atoms with Crippen LogP contribution in [0.15, 0.2) is 42.9 Å². The number of aromatic nitrogens is 2. The van der Waals surface area contributed by atoms with E-state index in [-0.39, 0.29) is 44.5 Å². The standard InChI is InChI=1S/C38H54N10O12S/c1-20(51)30(39)37(58)48-12-6-10-29(48)35(56)45-26(17-50)36(57)47-11-5-9-28(47)34(55)43-23(13-21-7-3-2-4-8-21)31(52)44-25(16-49)33(54)42-24(14-22-15-40-19-41-22)32(53)46-27(18-61)38(59)60/h2-4,7-8,15,19-20,23-30,49-51,61H,5-6,9-14,16-18,39H2,1H3,(H,40,41)(H,42,54)(H,43,55)(H,44,52)(H,45,56)(H,46,53)(H,59,60)/t20-,23+,24+,25+,26+,27+,28+,29+,30+/m1/s1. The van der Waals surface area contributed by atoms with E-state index >= 15 is 0 Å². The summed E-state index contributed by atoms with van der Waals surface area (Å²) in [5, 5.41) is 51.9. The van der Waals surface area contributed by atoms with Gasteiger partial charge in [0.05, 0.1) is 31.3 Å². The highest BCUT2D eigenvalue weighted by Gasteiger charge is 2.42. The summed E-state index contributed by atoms with van der Waals surface area (Å²) in [6.45, 7) is -0.187. The van der Waals surface area contributed by atoms with Crippen LogP contribution in [-0.4, -0.2) is 174 Å². The first kappa shape index (κ1) is 48.1. The van der Waals surface area contributed by atoms with Crippen molar-refractivity contribution in [3.8, 4) is 0 Å². The molecule has 9 atom stereocenters. The summed E-state index contributed by atoms with van der Waals surface area (Å²) in [5.41, 5.74) is 6.74. The van der Waals surface area contributed by atoms with Crippen molar-refractivity contribution in [2.75, 3.05) is 32.1 Å². The number of aliphatic hydroxyl groups excluding tert-OH is 3. The summed E-state index contributed by atoms with van der Waals surface area (Å²) in [5.74, 6) is -7.39. The van der Waals surface area contributed by atoms with Crippen LogP contribution >= 0.6 is 12.6 Å². The third kappa shape index (κ3) is 12.9. The van der Waals surface area contributed by atoms with Gasteiger partial charge in [-0.25, -0.2) is 9.78 Å². The van der Waals surface area contributed by atoms with Gasteiger partial charge in [0.2, 0.25) is 41.4 Å². The highest BCUT2D eigenvalue weighted by molar-refractivity contribution is 7.80. The zero-order valence-corrected chi connectivity index (χ0v) is 34.3. The molecule has 7 amide bonds. The molecule has 334 valence electrons. The molecule has 0 spiro atoms. The van der Waals surface area contributed by atoms with Crippen LogP contribution < -0.4 is 32.3 Å². The number of aliphatic carboxylic acids is 1. The third-order valence-corrected chi connectivity index (χ3v) is 10.8. The second-order valence-corrected chi connectivity index (χ2v) is 15.2. The molecule has 61 heavy (non-hydrogen) atoms. The number of carbonyl (C=O) groups is 8. The highest BCUT2D eigenvalue weighted by atomic mass is 32.1. The molecular weight excluding hydrogens is 821 g/mol. The SMILES string of the molecule is C[C@@H](O)[C@H](N)C(=O)N1CCC[C@H]1C(=O)N[C@@H](CO)C(=O)N1CCC[C@H]1C(=O)N[C@@H](Cc1ccccc1)C(=O)N[C@@H](CO)C(=O)N[C@@H](Cc1c[nH]cn1)C(=O)N[C@@H](CS)C(=O)O. The third-order valence-electron chi connectivity index (χ3n) is 10.4. The van der Waals surface area contributed by atoms with E-state index < -0.39 is 115 Å². The van der Waals surface area contributed by atoms with Crippen LogP contribution in [0.1, 0.15) is 43.9 Å². The molecule has 0 bridgehead atoms. The van der Waals surface area contributed by atoms with Crippen LogP contribution in [0.4, 0.5) is 0 Å². The summed E-state index contributed by atoms with van der Waals surface area (Å²) in [7, 11) is 0. The predicted octanol–water partition coefficient (Wildman–Crippen LogP) is -4.69. The van der Waals surface area contributed by atoms with Crippen LogP contribution in [-0.2, 0) is 51.2 Å². The average Bonchev–Trinajstić information content (AvgIpc) is 4.06. The number of amides is 7. The molecule has 2 aliphatic rings. The van der Waals surface area contributed by atoms with E-state index in [1.165, 1.54) is 29.2 Å². The van der Waals surface area contributed by atoms with Gasteiger partial charge in [0.25, 0.3) is 0 Å². The molecule has 3 heterocycles. The lowest BCUT2D eigenvalue weighted by atomic mass is 10.0. The van der Waals surface area contributed by atoms with Crippen molar-refractivity contribution in [2.45, 2.75) is 99.9 Å². The number of carboxylic acid groups (broad SMARTS) is 1. The van der Waals surface area contributed by atoms with Gasteiger partial charge in [0.1, 0.15) is 48.3 Å². The fourth-order valence-electron chi connectivity index (χ4n) is 7.00. The van der Waals surface area contributed by atoms with Crippen molar-refractivity contribution in [3.05, 3.63) is 54.1 Å². The van der Waals surface area contributed by atoms with E-state index in [0.29, 0.717) is 24.1 Å². The molecule has 0 unspecified atom stereocenters. The first-order valence-electron chi connectivity index (χ1n) is 19.7. The Morgan fingerprint density at radius 1 is 0.770 bits per heavy atom. The molecule has 22 nitrogen and oxygen atoms in total. The van der Waals surface area contributed by atoms with Gasteiger partial charge in [-0.3, -0.25) is 33.6 Å². The Labute approximate surface area is 356 Å². The summed E-state index contributed by atoms with van der Waals surface area (Å²) < 4.78 is 0. The quantitative estimate of drug-likeness (QED) is 0.0525. The Morgan fingerprint density at radius 2 is 1.28 bits per heavy atom. The minimum atomic E-state index is -1.66. The molecule has 2 fully saturated rings. The summed E-state index contributed by atoms with van der Waals surface area (Å²) in [6.07, 6.45) is 2.52. The molecule has 1 aromatic carbocycles. The monoisotopic (exact) mass is 874 g/mol. The van der Waals surface area contributed by atoms with E-state index in [0.717, 1.165) is 0 Å². The molecule has 2 aliphatic heterocycles. The number of H-pyrrole nitrogens is 1. The van der Waals surface area contributed by atoms with E-state index in [4.69, 9.17) is 5.73 Å². The first-order valence-corrected chi connectivity index (χ1v) is 20.4. The number of imidazole rings is 1. The zero-order valence-electron chi connectivity index (χ0n) is 33.4. The van der Waals surface area contributed by atoms with Crippen LogP contribution in [0.3, 0.4) is 0 Å². The molecule has 2 aromatic rings. The van der Waals surface area contributed by atoms with Gasteiger partial charge >= 0.3 is 5.97 Å². The Balaban J connectivity index is 1.47. The Hall–Kier alpha value is -5.62. The van der Waals surface area contributed by atoms with E-state index in [1.807, 2.05) is 0 Å². The zero-order chi connectivity index (χ0) is 44.8. The number of thiol groups is 1. The second-order valence-electron chi connectivity index (χ2n) is 14.8. The van der Waals surface area contributed by atoms with Crippen molar-refractivity contribution in [1.82, 2.24) is 46.4 Å². The van der Waals surface area contributed by atoms with Gasteiger partial charge in [-0.2, -0.15) is 12.6 Å². The Bertz CT molecular complexity index is 1860. The van der Waals surface area contributed by atoms with Gasteiger partial charge in [0, 0.05) is 37.9 Å². The molecule has 1 aromatic heterocycles. The van der Waals surface area contributed by atoms with Gasteiger partial charge in [0.15, 0.2) is 0 Å². The molecule has 0 saturated carbocycles. The summed E-state index contributed by atoms with van der Waals surface area (Å²) >= 11 is 3.95. The largest absolute Gasteiger partial charge is 0.480 e. The summed E-state index contributed by atoms with van der Waals surface area (Å²) in [6, 6.07) is -2.26. The number of aromatic amines is 1. The van der Waals surface area contributed by atoms with Crippen LogP contribution in [0.25, 0.3) is 0 Å². The van der Waals surface area contributed by atoms with Gasteiger partial charge in [-0.05, 0) is 38.2 Å². The first-order chi connectivity index (χ1) is 29.1. The number of hydrogen-bond donors (Lipinski definition) is 12. The molecule has 0 aliphatic carbocycles. The predicted molar refractivity (Wildman–Crippen MR) is 217 cm³/mol. The topological polar surface area (TPSA) is 339 Å². The van der Waals surface area contributed by atoms with Crippen molar-refractivity contribution in [2.24, 2.45) is 5.73 Å². The average molecular weight is 875 g/mol. The minimum absolute atomic E-state index is 0.0666. The molecule has 0 radical (unpaired) electrons. The fraction of sp³-hybridized carbons (Fsp3) is 0.553. The van der Waals surface area contributed by atoms with Crippen LogP contribution in [0.2, 0.25) is 0 Å². The lowest BCUT2D eigenvalue weighted by molar-refractivity contribution is -0.145. The summed E-state index contributed by atoms with van der Waals surface area (Å²) in [4.78, 5) is 115. The number of carboxylic acids is 1. The number of hydrogen-bond acceptors (Lipinski definition) is 14. The van der Waals surface area contributed by atoms with Crippen molar-refractivity contribution >= 4 is 59.9 Å². The number of aliphatic hydroxyl groups is 3. The van der Waals surface area contributed by atoms with Gasteiger partial charge in [-0.1, -0.05) is 30.3 Å². The van der Waals surface area contributed by atoms with Crippen molar-refractivity contribution in [3.63, 3.8) is 0 Å². The number of nitrogens with one attached hydrogen (secondary N) is 6. The maximum atomic E-state index is 13.9. The van der Waals surface area contributed by atoms with E-state index in [2.05, 4.69) is 49.2 Å². The number of rotatable bonds is 21. The number of carbonyl (C=O) groups excluding carboxylic acids is 7. The normalized spacial score (nSPS) is 19.6. The smallest absolute Gasteiger partial charge is 0.327 e. The Morgan fingerprint density at radius 3 is 1.79 bits per heavy atom. The van der Waals surface area contributed by atoms with Crippen molar-refractivity contribution in [1.29, 1.82) is 0 Å². The van der Waals surface area contributed by atoms with Crippen LogP contribution in [0, 0.1) is 0 Å². The molecular formula is C38H54N10O12S. The number of nitrogens with two attached hydrogens (primary N) is 1. The minimum Gasteiger partial charge on any atom is -0.480 e. The lowest BCUT2D eigenvalue weighted by Gasteiger charge is -2.31. The fourth-order valence-corrected chi connectivity index (χ4v) is 7.25. The lowest BCUT2D eigenvalue weighted by Crippen LogP contribution is -2.61. The number of benzene rings is 1. The Kier molecular flexibility index (Phi) is 18.0. The molecule has 4 rings (SSSR count). The van der Waals surface area contributed by atoms with E-state index in [1.54, 1.807) is 30.3 Å². The second kappa shape index (κ2) is 22.8. The van der Waals surface area contributed by atoms with Gasteiger partial charge < -0.3 is 67.5 Å². The van der Waals surface area contributed by atoms with E-state index in [9.17, 15) is 58.8 Å². The van der Waals surface area contributed by atoms with Crippen LogP contribution in [0.5, 0.6) is 0 Å². The maximum Gasteiger partial charge on any atom is 0.327 e. The highest BCUT2D eigenvalue weighted by Crippen LogP contribution is 2.22. The molecule has 2 saturated heterocycles.